The predicted octanol–water partition coefficient (Wildman–Crippen LogP) is 4.97. The van der Waals surface area contributed by atoms with E-state index in [2.05, 4.69) is 9.97 Å². The number of hydrogen-bond donors (Lipinski definition) is 1. The number of fused-ring (bicyclic) bond motifs is 1. The molecule has 3 heterocycles. The molecule has 0 aliphatic carbocycles. The summed E-state index contributed by atoms with van der Waals surface area (Å²) in [5, 5.41) is 9.71. The summed E-state index contributed by atoms with van der Waals surface area (Å²) in [4.78, 5) is 32.3. The zero-order chi connectivity index (χ0) is 25.5. The SMILES string of the molecule is COc1ccc2c(c1)OCC(c1ccncc1)C2=O.Cc1ccc(C(=O)Cc2ccncc2)c(O)c1. The van der Waals surface area contributed by atoms with Crippen LogP contribution in [0.1, 0.15) is 43.3 Å². The number of Topliss-reactive ketones (excluding diaryl/α,β-unsaturated/α-hetero) is 2. The normalized spacial score (nSPS) is 14.1. The minimum Gasteiger partial charge on any atom is -0.507 e. The van der Waals surface area contributed by atoms with Crippen molar-refractivity contribution in [2.45, 2.75) is 19.3 Å². The van der Waals surface area contributed by atoms with Crippen molar-refractivity contribution in [3.8, 4) is 17.2 Å². The second-order valence-electron chi connectivity index (χ2n) is 8.35. The lowest BCUT2D eigenvalue weighted by Gasteiger charge is -2.24. The van der Waals surface area contributed by atoms with E-state index < -0.39 is 0 Å². The highest BCUT2D eigenvalue weighted by Crippen LogP contribution is 2.34. The molecule has 7 heteroatoms. The molecule has 1 aliphatic heterocycles. The van der Waals surface area contributed by atoms with Crippen LogP contribution in [0.15, 0.2) is 85.5 Å². The monoisotopic (exact) mass is 482 g/mol. The third-order valence-electron chi connectivity index (χ3n) is 5.85. The van der Waals surface area contributed by atoms with Gasteiger partial charge in [0.2, 0.25) is 0 Å². The van der Waals surface area contributed by atoms with E-state index >= 15 is 0 Å². The molecular formula is C29H26N2O5. The van der Waals surface area contributed by atoms with Gasteiger partial charge >= 0.3 is 0 Å². The fourth-order valence-electron chi connectivity index (χ4n) is 3.89. The van der Waals surface area contributed by atoms with Crippen molar-refractivity contribution in [3.63, 3.8) is 0 Å². The summed E-state index contributed by atoms with van der Waals surface area (Å²) in [6.07, 6.45) is 6.95. The van der Waals surface area contributed by atoms with Crippen LogP contribution in [0.2, 0.25) is 0 Å². The number of nitrogens with zero attached hydrogens (tertiary/aromatic N) is 2. The first-order valence-corrected chi connectivity index (χ1v) is 11.4. The van der Waals surface area contributed by atoms with E-state index in [0.29, 0.717) is 29.2 Å². The van der Waals surface area contributed by atoms with Gasteiger partial charge in [0.05, 0.1) is 24.2 Å². The first-order chi connectivity index (χ1) is 17.5. The number of rotatable bonds is 5. The summed E-state index contributed by atoms with van der Waals surface area (Å²) in [5.74, 6) is 1.06. The molecule has 1 N–H and O–H groups in total. The highest BCUT2D eigenvalue weighted by molar-refractivity contribution is 6.04. The molecule has 4 aromatic rings. The van der Waals surface area contributed by atoms with Crippen LogP contribution in [-0.4, -0.2) is 40.4 Å². The maximum atomic E-state index is 12.5. The van der Waals surface area contributed by atoms with Crippen molar-refractivity contribution < 1.29 is 24.2 Å². The largest absolute Gasteiger partial charge is 0.507 e. The van der Waals surface area contributed by atoms with Gasteiger partial charge in [0.25, 0.3) is 0 Å². The molecule has 0 radical (unpaired) electrons. The standard InChI is InChI=1S/C15H13NO3.C14H13NO2/c1-18-11-2-3-12-14(8-11)19-9-13(15(12)17)10-4-6-16-7-5-10;1-10-2-3-12(13(16)8-10)14(17)9-11-4-6-15-7-5-11/h2-8,13H,9H2,1H3;2-8,16H,9H2,1H3. The number of pyridine rings is 2. The third-order valence-corrected chi connectivity index (χ3v) is 5.85. The Morgan fingerprint density at radius 2 is 1.69 bits per heavy atom. The fourth-order valence-corrected chi connectivity index (χ4v) is 3.89. The first-order valence-electron chi connectivity index (χ1n) is 11.4. The summed E-state index contributed by atoms with van der Waals surface area (Å²) in [6.45, 7) is 2.22. The highest BCUT2D eigenvalue weighted by atomic mass is 16.5. The molecule has 1 atom stereocenters. The average molecular weight is 483 g/mol. The van der Waals surface area contributed by atoms with E-state index in [1.807, 2.05) is 25.1 Å². The van der Waals surface area contributed by atoms with Crippen LogP contribution in [0, 0.1) is 6.92 Å². The van der Waals surface area contributed by atoms with Gasteiger partial charge in [-0.15, -0.1) is 0 Å². The molecule has 2 aromatic heterocycles. The molecule has 36 heavy (non-hydrogen) atoms. The van der Waals surface area contributed by atoms with Crippen molar-refractivity contribution in [2.24, 2.45) is 0 Å². The number of benzene rings is 2. The number of aromatic hydroxyl groups is 1. The van der Waals surface area contributed by atoms with Crippen LogP contribution in [0.5, 0.6) is 17.2 Å². The van der Waals surface area contributed by atoms with Crippen LogP contribution in [0.3, 0.4) is 0 Å². The average Bonchev–Trinajstić information content (AvgIpc) is 2.90. The number of aryl methyl sites for hydroxylation is 1. The zero-order valence-electron chi connectivity index (χ0n) is 20.0. The molecule has 5 rings (SSSR count). The van der Waals surface area contributed by atoms with Crippen molar-refractivity contribution in [1.82, 2.24) is 9.97 Å². The Bertz CT molecular complexity index is 1360. The molecule has 2 aromatic carbocycles. The van der Waals surface area contributed by atoms with E-state index in [9.17, 15) is 14.7 Å². The Hall–Kier alpha value is -4.52. The number of ether oxygens (including phenoxy) is 2. The van der Waals surface area contributed by atoms with Crippen LogP contribution >= 0.6 is 0 Å². The smallest absolute Gasteiger partial charge is 0.177 e. The summed E-state index contributed by atoms with van der Waals surface area (Å²) >= 11 is 0. The van der Waals surface area contributed by atoms with E-state index in [0.717, 1.165) is 16.7 Å². The lowest BCUT2D eigenvalue weighted by Crippen LogP contribution is -2.26. The van der Waals surface area contributed by atoms with Gasteiger partial charge in [0, 0.05) is 37.3 Å². The van der Waals surface area contributed by atoms with E-state index in [1.54, 1.807) is 74.4 Å². The molecular weight excluding hydrogens is 456 g/mol. The second-order valence-corrected chi connectivity index (χ2v) is 8.35. The van der Waals surface area contributed by atoms with Crippen molar-refractivity contribution >= 4 is 11.6 Å². The molecule has 0 saturated heterocycles. The Morgan fingerprint density at radius 1 is 1.00 bits per heavy atom. The molecule has 0 spiro atoms. The summed E-state index contributed by atoms with van der Waals surface area (Å²) in [7, 11) is 1.59. The van der Waals surface area contributed by atoms with E-state index in [1.165, 1.54) is 0 Å². The molecule has 0 saturated carbocycles. The van der Waals surface area contributed by atoms with Crippen LogP contribution in [0.4, 0.5) is 0 Å². The van der Waals surface area contributed by atoms with E-state index in [4.69, 9.17) is 9.47 Å². The van der Waals surface area contributed by atoms with Gasteiger partial charge in [-0.2, -0.15) is 0 Å². The van der Waals surface area contributed by atoms with Crippen molar-refractivity contribution in [2.75, 3.05) is 13.7 Å². The van der Waals surface area contributed by atoms with Crippen LogP contribution in [0.25, 0.3) is 0 Å². The van der Waals surface area contributed by atoms with E-state index in [-0.39, 0.29) is 29.7 Å². The number of carbonyl (C=O) groups is 2. The first kappa shape index (κ1) is 24.6. The van der Waals surface area contributed by atoms with Gasteiger partial charge in [-0.3, -0.25) is 19.6 Å². The summed E-state index contributed by atoms with van der Waals surface area (Å²) in [6, 6.07) is 17.6. The minimum absolute atomic E-state index is 0.0454. The molecule has 0 bridgehead atoms. The Kier molecular flexibility index (Phi) is 7.70. The van der Waals surface area contributed by atoms with Gasteiger partial charge in [-0.25, -0.2) is 0 Å². The number of methoxy groups -OCH3 is 1. The Labute approximate surface area is 209 Å². The topological polar surface area (TPSA) is 98.6 Å². The molecule has 1 aliphatic rings. The summed E-state index contributed by atoms with van der Waals surface area (Å²) in [5.41, 5.74) is 3.73. The summed E-state index contributed by atoms with van der Waals surface area (Å²) < 4.78 is 10.8. The van der Waals surface area contributed by atoms with Gasteiger partial charge in [0.15, 0.2) is 11.6 Å². The number of phenols is 1. The van der Waals surface area contributed by atoms with Crippen molar-refractivity contribution in [1.29, 1.82) is 0 Å². The number of aromatic nitrogens is 2. The molecule has 182 valence electrons. The van der Waals surface area contributed by atoms with Gasteiger partial charge in [-0.1, -0.05) is 6.07 Å². The number of ketones is 2. The highest BCUT2D eigenvalue weighted by Gasteiger charge is 2.30. The third kappa shape index (κ3) is 5.75. The maximum absolute atomic E-state index is 12.5. The van der Waals surface area contributed by atoms with Gasteiger partial charge in [-0.05, 0) is 72.1 Å². The number of phenolic OH excluding ortho intramolecular Hbond substituents is 1. The Balaban J connectivity index is 0.000000170. The van der Waals surface area contributed by atoms with Crippen molar-refractivity contribution in [3.05, 3.63) is 113 Å². The van der Waals surface area contributed by atoms with Gasteiger partial charge < -0.3 is 14.6 Å². The number of carbonyl (C=O) groups excluding carboxylic acids is 2. The lowest BCUT2D eigenvalue weighted by molar-refractivity contribution is 0.0895. The number of hydrogen-bond acceptors (Lipinski definition) is 7. The maximum Gasteiger partial charge on any atom is 0.177 e. The molecule has 7 nitrogen and oxygen atoms in total. The predicted molar refractivity (Wildman–Crippen MR) is 135 cm³/mol. The molecule has 1 unspecified atom stereocenters. The minimum atomic E-state index is -0.260. The Morgan fingerprint density at radius 3 is 2.36 bits per heavy atom. The van der Waals surface area contributed by atoms with Crippen LogP contribution < -0.4 is 9.47 Å². The quantitative estimate of drug-likeness (QED) is 0.401. The van der Waals surface area contributed by atoms with Gasteiger partial charge in [0.1, 0.15) is 23.9 Å². The lowest BCUT2D eigenvalue weighted by atomic mass is 9.89. The second kappa shape index (κ2) is 11.3. The molecule has 0 fully saturated rings. The zero-order valence-corrected chi connectivity index (χ0v) is 20.0. The van der Waals surface area contributed by atoms with Crippen LogP contribution in [-0.2, 0) is 6.42 Å². The molecule has 0 amide bonds. The fraction of sp³-hybridized carbons (Fsp3) is 0.172.